The molecule has 0 bridgehead atoms. The van der Waals surface area contributed by atoms with E-state index in [4.69, 9.17) is 0 Å². The van der Waals surface area contributed by atoms with Gasteiger partial charge in [-0.05, 0) is 32.5 Å². The van der Waals surface area contributed by atoms with Crippen LogP contribution in [0.3, 0.4) is 0 Å². The number of carbonyl (C=O) groups is 2. The predicted octanol–water partition coefficient (Wildman–Crippen LogP) is 2.30. The van der Waals surface area contributed by atoms with Gasteiger partial charge in [0.1, 0.15) is 0 Å². The van der Waals surface area contributed by atoms with E-state index in [-0.39, 0.29) is 29.7 Å². The van der Waals surface area contributed by atoms with Crippen molar-refractivity contribution in [3.05, 3.63) is 35.9 Å². The maximum atomic E-state index is 12.8. The van der Waals surface area contributed by atoms with E-state index in [0.717, 1.165) is 31.5 Å². The van der Waals surface area contributed by atoms with Gasteiger partial charge in [-0.2, -0.15) is 0 Å². The molecule has 5 nitrogen and oxygen atoms in total. The molecule has 0 saturated carbocycles. The third-order valence-electron chi connectivity index (χ3n) is 4.66. The SMILES string of the molecule is CC(C)C(=O)N1CCC[C@@H](C(=O)N[C@H](CN(C)C)c2ccccc2)C1. The van der Waals surface area contributed by atoms with Gasteiger partial charge in [-0.25, -0.2) is 0 Å². The maximum Gasteiger partial charge on any atom is 0.225 e. The molecule has 5 heteroatoms. The molecule has 1 heterocycles. The molecule has 1 aliphatic rings. The van der Waals surface area contributed by atoms with Crippen LogP contribution in [0.25, 0.3) is 0 Å². The highest BCUT2D eigenvalue weighted by Crippen LogP contribution is 2.21. The Hall–Kier alpha value is -1.88. The van der Waals surface area contributed by atoms with Crippen LogP contribution in [0.15, 0.2) is 30.3 Å². The second-order valence-electron chi connectivity index (χ2n) is 7.51. The van der Waals surface area contributed by atoms with Crippen LogP contribution in [0.4, 0.5) is 0 Å². The number of nitrogens with zero attached hydrogens (tertiary/aromatic N) is 2. The van der Waals surface area contributed by atoms with Gasteiger partial charge in [0.2, 0.25) is 11.8 Å². The van der Waals surface area contributed by atoms with Crippen LogP contribution >= 0.6 is 0 Å². The highest BCUT2D eigenvalue weighted by atomic mass is 16.2. The Bertz CT molecular complexity index is 572. The first kappa shape index (κ1) is 19.4. The Morgan fingerprint density at radius 2 is 1.92 bits per heavy atom. The summed E-state index contributed by atoms with van der Waals surface area (Å²) in [5.74, 6) is 0.0554. The van der Waals surface area contributed by atoms with E-state index in [1.807, 2.05) is 63.2 Å². The molecule has 138 valence electrons. The largest absolute Gasteiger partial charge is 0.348 e. The second-order valence-corrected chi connectivity index (χ2v) is 7.51. The first-order chi connectivity index (χ1) is 11.9. The fraction of sp³-hybridized carbons (Fsp3) is 0.600. The lowest BCUT2D eigenvalue weighted by Gasteiger charge is -2.34. The number of likely N-dealkylation sites (N-methyl/N-ethyl adjacent to an activating group) is 1. The molecule has 1 N–H and O–H groups in total. The zero-order valence-corrected chi connectivity index (χ0v) is 15.9. The van der Waals surface area contributed by atoms with Crippen molar-refractivity contribution in [2.24, 2.45) is 11.8 Å². The second kappa shape index (κ2) is 8.99. The average molecular weight is 345 g/mol. The molecule has 2 rings (SSSR count). The van der Waals surface area contributed by atoms with Gasteiger partial charge in [0.25, 0.3) is 0 Å². The van der Waals surface area contributed by atoms with Crippen LogP contribution in [-0.4, -0.2) is 55.3 Å². The van der Waals surface area contributed by atoms with E-state index in [1.165, 1.54) is 0 Å². The molecule has 25 heavy (non-hydrogen) atoms. The van der Waals surface area contributed by atoms with Crippen molar-refractivity contribution in [1.82, 2.24) is 15.1 Å². The lowest BCUT2D eigenvalue weighted by Crippen LogP contribution is -2.48. The molecule has 0 radical (unpaired) electrons. The summed E-state index contributed by atoms with van der Waals surface area (Å²) in [6, 6.07) is 10.0. The van der Waals surface area contributed by atoms with Gasteiger partial charge < -0.3 is 15.1 Å². The summed E-state index contributed by atoms with van der Waals surface area (Å²) in [5.41, 5.74) is 1.11. The third kappa shape index (κ3) is 5.56. The van der Waals surface area contributed by atoms with Gasteiger partial charge in [0.05, 0.1) is 12.0 Å². The topological polar surface area (TPSA) is 52.7 Å². The van der Waals surface area contributed by atoms with Crippen LogP contribution < -0.4 is 5.32 Å². The van der Waals surface area contributed by atoms with E-state index >= 15 is 0 Å². The minimum atomic E-state index is -0.121. The number of nitrogens with one attached hydrogen (secondary N) is 1. The Morgan fingerprint density at radius 1 is 1.24 bits per heavy atom. The molecular weight excluding hydrogens is 314 g/mol. The Morgan fingerprint density at radius 3 is 2.52 bits per heavy atom. The van der Waals surface area contributed by atoms with Crippen molar-refractivity contribution in [2.75, 3.05) is 33.7 Å². The van der Waals surface area contributed by atoms with Crippen LogP contribution in [0, 0.1) is 11.8 Å². The monoisotopic (exact) mass is 345 g/mol. The maximum absolute atomic E-state index is 12.8. The fourth-order valence-electron chi connectivity index (χ4n) is 3.33. The molecule has 1 aromatic carbocycles. The molecule has 0 aromatic heterocycles. The number of piperidine rings is 1. The van der Waals surface area contributed by atoms with Crippen molar-refractivity contribution in [2.45, 2.75) is 32.7 Å². The summed E-state index contributed by atoms with van der Waals surface area (Å²) in [4.78, 5) is 29.0. The molecule has 2 amide bonds. The quantitative estimate of drug-likeness (QED) is 0.861. The number of hydrogen-bond donors (Lipinski definition) is 1. The Labute approximate surface area is 151 Å². The summed E-state index contributed by atoms with van der Waals surface area (Å²) in [7, 11) is 4.01. The molecule has 2 atom stereocenters. The van der Waals surface area contributed by atoms with Crippen molar-refractivity contribution in [1.29, 1.82) is 0 Å². The highest BCUT2D eigenvalue weighted by molar-refractivity contribution is 5.82. The number of likely N-dealkylation sites (tertiary alicyclic amines) is 1. The average Bonchev–Trinajstić information content (AvgIpc) is 2.60. The molecule has 1 fully saturated rings. The molecule has 1 aromatic rings. The van der Waals surface area contributed by atoms with E-state index in [2.05, 4.69) is 10.2 Å². The standard InChI is InChI=1S/C20H31N3O2/c1-15(2)20(25)23-12-8-11-17(13-23)19(24)21-18(14-22(3)4)16-9-6-5-7-10-16/h5-7,9-10,15,17-18H,8,11-14H2,1-4H3,(H,21,24)/t17-,18-/m1/s1. The summed E-state index contributed by atoms with van der Waals surface area (Å²) in [6.45, 7) is 5.87. The van der Waals surface area contributed by atoms with Crippen LogP contribution in [0.2, 0.25) is 0 Å². The molecule has 1 saturated heterocycles. The van der Waals surface area contributed by atoms with E-state index in [9.17, 15) is 9.59 Å². The van der Waals surface area contributed by atoms with Gasteiger partial charge in [-0.3, -0.25) is 9.59 Å². The zero-order valence-electron chi connectivity index (χ0n) is 15.9. The van der Waals surface area contributed by atoms with Crippen molar-refractivity contribution >= 4 is 11.8 Å². The van der Waals surface area contributed by atoms with Gasteiger partial charge >= 0.3 is 0 Å². The third-order valence-corrected chi connectivity index (χ3v) is 4.66. The first-order valence-corrected chi connectivity index (χ1v) is 9.17. The molecule has 0 spiro atoms. The minimum Gasteiger partial charge on any atom is -0.348 e. The zero-order chi connectivity index (χ0) is 18.4. The minimum absolute atomic E-state index is 0.0207. The Balaban J connectivity index is 2.03. The van der Waals surface area contributed by atoms with E-state index < -0.39 is 0 Å². The number of carbonyl (C=O) groups excluding carboxylic acids is 2. The summed E-state index contributed by atoms with van der Waals surface area (Å²) in [5, 5.41) is 3.20. The van der Waals surface area contributed by atoms with Gasteiger partial charge in [-0.1, -0.05) is 44.2 Å². The van der Waals surface area contributed by atoms with Gasteiger partial charge in [0, 0.05) is 25.6 Å². The van der Waals surface area contributed by atoms with Crippen molar-refractivity contribution < 1.29 is 9.59 Å². The molecule has 1 aliphatic heterocycles. The Kier molecular flexibility index (Phi) is 7.00. The van der Waals surface area contributed by atoms with Gasteiger partial charge in [0.15, 0.2) is 0 Å². The van der Waals surface area contributed by atoms with E-state index in [0.29, 0.717) is 6.54 Å². The van der Waals surface area contributed by atoms with Crippen molar-refractivity contribution in [3.8, 4) is 0 Å². The highest BCUT2D eigenvalue weighted by Gasteiger charge is 2.30. The number of amides is 2. The number of hydrogen-bond acceptors (Lipinski definition) is 3. The van der Waals surface area contributed by atoms with Crippen LogP contribution in [0.5, 0.6) is 0 Å². The molecular formula is C20H31N3O2. The van der Waals surface area contributed by atoms with Crippen molar-refractivity contribution in [3.63, 3.8) is 0 Å². The normalized spacial score (nSPS) is 19.1. The van der Waals surface area contributed by atoms with Crippen LogP contribution in [-0.2, 0) is 9.59 Å². The first-order valence-electron chi connectivity index (χ1n) is 9.17. The van der Waals surface area contributed by atoms with Crippen LogP contribution in [0.1, 0.15) is 38.3 Å². The fourth-order valence-corrected chi connectivity index (χ4v) is 3.33. The molecule has 0 unspecified atom stereocenters. The summed E-state index contributed by atoms with van der Waals surface area (Å²) < 4.78 is 0. The predicted molar refractivity (Wildman–Crippen MR) is 100 cm³/mol. The molecule has 0 aliphatic carbocycles. The summed E-state index contributed by atoms with van der Waals surface area (Å²) in [6.07, 6.45) is 1.73. The smallest absolute Gasteiger partial charge is 0.225 e. The van der Waals surface area contributed by atoms with E-state index in [1.54, 1.807) is 0 Å². The number of benzene rings is 1. The number of rotatable bonds is 6. The lowest BCUT2D eigenvalue weighted by atomic mass is 9.95. The lowest BCUT2D eigenvalue weighted by molar-refractivity contribution is -0.138. The van der Waals surface area contributed by atoms with Gasteiger partial charge in [-0.15, -0.1) is 0 Å². The summed E-state index contributed by atoms with van der Waals surface area (Å²) >= 11 is 0.